The van der Waals surface area contributed by atoms with Crippen molar-refractivity contribution in [2.24, 2.45) is 0 Å². The third kappa shape index (κ3) is 4.51. The van der Waals surface area contributed by atoms with Gasteiger partial charge < -0.3 is 19.7 Å². The second-order valence-corrected chi connectivity index (χ2v) is 10.3. The largest absolute Gasteiger partial charge is 0.365 e. The fraction of sp³-hybridized carbons (Fsp3) is 0.462. The van der Waals surface area contributed by atoms with Gasteiger partial charge >= 0.3 is 0 Å². The zero-order chi connectivity index (χ0) is 23.8. The summed E-state index contributed by atoms with van der Waals surface area (Å²) < 4.78 is 2.16. The van der Waals surface area contributed by atoms with Crippen LogP contribution in [0.5, 0.6) is 0 Å². The number of nitrogens with one attached hydrogen (secondary N) is 1. The number of carbonyl (C=O) groups excluding carboxylic acids is 1. The van der Waals surface area contributed by atoms with Gasteiger partial charge in [0.1, 0.15) is 0 Å². The maximum atomic E-state index is 13.0. The number of imidazole rings is 1. The average Bonchev–Trinajstić information content (AvgIpc) is 3.27. The van der Waals surface area contributed by atoms with E-state index in [2.05, 4.69) is 51.8 Å². The number of rotatable bonds is 4. The van der Waals surface area contributed by atoms with E-state index in [1.54, 1.807) is 6.07 Å². The average molecular weight is 500 g/mol. The number of nitrogens with zero attached hydrogens (tertiary/aromatic N) is 4. The summed E-state index contributed by atoms with van der Waals surface area (Å²) in [7, 11) is 0. The van der Waals surface area contributed by atoms with E-state index in [1.807, 2.05) is 23.4 Å². The van der Waals surface area contributed by atoms with E-state index in [1.165, 1.54) is 0 Å². The molecule has 0 aliphatic carbocycles. The number of halogens is 2. The van der Waals surface area contributed by atoms with Gasteiger partial charge in [-0.3, -0.25) is 4.79 Å². The van der Waals surface area contributed by atoms with Gasteiger partial charge in [-0.2, -0.15) is 0 Å². The lowest BCUT2D eigenvalue weighted by Crippen LogP contribution is -2.58. The summed E-state index contributed by atoms with van der Waals surface area (Å²) in [4.78, 5) is 22.1. The van der Waals surface area contributed by atoms with Crippen LogP contribution in [0.3, 0.4) is 0 Å². The standard InChI is InChI=1S/C26H31Cl2N5O/c1-17-15-31(26(34)24-5-3-4-10-29-24)11-12-32(17)20-7-9-23-25(14-20)33(16-30-23)18(2)21-8-6-19(27)13-22(21)28/h6-9,13-14,16-18,24,29H,3-5,10-12,15H2,1-2H3/t17-,18?,24+/m0/s1. The highest BCUT2D eigenvalue weighted by Crippen LogP contribution is 2.32. The topological polar surface area (TPSA) is 53.4 Å². The summed E-state index contributed by atoms with van der Waals surface area (Å²) in [5, 5.41) is 4.68. The van der Waals surface area contributed by atoms with Crippen LogP contribution in [0, 0.1) is 0 Å². The molecule has 8 heteroatoms. The van der Waals surface area contributed by atoms with Crippen molar-refractivity contribution in [1.29, 1.82) is 0 Å². The molecule has 2 aliphatic heterocycles. The van der Waals surface area contributed by atoms with E-state index in [9.17, 15) is 4.79 Å². The fourth-order valence-corrected chi connectivity index (χ4v) is 5.88. The van der Waals surface area contributed by atoms with Crippen LogP contribution < -0.4 is 10.2 Å². The molecule has 3 heterocycles. The first kappa shape index (κ1) is 23.5. The Labute approximate surface area is 210 Å². The Balaban J connectivity index is 1.36. The van der Waals surface area contributed by atoms with Crippen molar-refractivity contribution >= 4 is 45.8 Å². The molecule has 1 N–H and O–H groups in total. The first-order valence-corrected chi connectivity index (χ1v) is 12.9. The van der Waals surface area contributed by atoms with Gasteiger partial charge in [-0.15, -0.1) is 0 Å². The molecule has 3 aromatic rings. The van der Waals surface area contributed by atoms with Crippen LogP contribution in [0.1, 0.15) is 44.7 Å². The molecule has 2 aliphatic rings. The quantitative estimate of drug-likeness (QED) is 0.540. The van der Waals surface area contributed by atoms with Gasteiger partial charge in [-0.1, -0.05) is 35.7 Å². The highest BCUT2D eigenvalue weighted by Gasteiger charge is 2.31. The molecule has 0 saturated carbocycles. The number of benzene rings is 2. The van der Waals surface area contributed by atoms with Gasteiger partial charge in [0.25, 0.3) is 0 Å². The number of piperidine rings is 1. The molecule has 6 nitrogen and oxygen atoms in total. The Hall–Kier alpha value is -2.28. The van der Waals surface area contributed by atoms with Crippen molar-refractivity contribution in [3.63, 3.8) is 0 Å². The van der Waals surface area contributed by atoms with Crippen LogP contribution in [0.15, 0.2) is 42.7 Å². The summed E-state index contributed by atoms with van der Waals surface area (Å²) >= 11 is 12.6. The second-order valence-electron chi connectivity index (χ2n) is 9.50. The maximum absolute atomic E-state index is 13.0. The Bertz CT molecular complexity index is 1190. The van der Waals surface area contributed by atoms with E-state index in [0.29, 0.717) is 10.0 Å². The number of aromatic nitrogens is 2. The lowest BCUT2D eigenvalue weighted by Gasteiger charge is -2.42. The predicted octanol–water partition coefficient (Wildman–Crippen LogP) is 5.13. The third-order valence-corrected chi connectivity index (χ3v) is 7.83. The van der Waals surface area contributed by atoms with Gasteiger partial charge in [0, 0.05) is 41.4 Å². The maximum Gasteiger partial charge on any atom is 0.239 e. The molecule has 0 spiro atoms. The highest BCUT2D eigenvalue weighted by atomic mass is 35.5. The van der Waals surface area contributed by atoms with Gasteiger partial charge in [-0.25, -0.2) is 4.98 Å². The fourth-order valence-electron chi connectivity index (χ4n) is 5.32. The molecule has 1 unspecified atom stereocenters. The number of fused-ring (bicyclic) bond motifs is 1. The minimum atomic E-state index is -0.0145. The number of amides is 1. The van der Waals surface area contributed by atoms with Crippen molar-refractivity contribution in [2.75, 3.05) is 31.1 Å². The highest BCUT2D eigenvalue weighted by molar-refractivity contribution is 6.35. The molecule has 1 aromatic heterocycles. The summed E-state index contributed by atoms with van der Waals surface area (Å²) in [6.45, 7) is 7.57. The molecule has 2 saturated heterocycles. The van der Waals surface area contributed by atoms with Crippen LogP contribution in [0.4, 0.5) is 5.69 Å². The molecule has 2 aromatic carbocycles. The third-order valence-electron chi connectivity index (χ3n) is 7.27. The molecule has 34 heavy (non-hydrogen) atoms. The smallest absolute Gasteiger partial charge is 0.239 e. The van der Waals surface area contributed by atoms with Crippen LogP contribution in [-0.4, -0.2) is 58.6 Å². The van der Waals surface area contributed by atoms with Crippen LogP contribution >= 0.6 is 23.2 Å². The Morgan fingerprint density at radius 1 is 1.15 bits per heavy atom. The van der Waals surface area contributed by atoms with Crippen molar-refractivity contribution in [3.8, 4) is 0 Å². The Morgan fingerprint density at radius 2 is 2.00 bits per heavy atom. The van der Waals surface area contributed by atoms with E-state index in [4.69, 9.17) is 23.2 Å². The zero-order valence-electron chi connectivity index (χ0n) is 19.7. The molecule has 1 amide bonds. The Kier molecular flexibility index (Phi) is 6.74. The minimum absolute atomic E-state index is 0.0138. The summed E-state index contributed by atoms with van der Waals surface area (Å²) in [5.41, 5.74) is 4.17. The summed E-state index contributed by atoms with van der Waals surface area (Å²) in [5.74, 6) is 0.258. The van der Waals surface area contributed by atoms with Crippen LogP contribution in [0.25, 0.3) is 11.0 Å². The normalized spacial score (nSPS) is 22.2. The van der Waals surface area contributed by atoms with Crippen molar-refractivity contribution in [1.82, 2.24) is 19.8 Å². The molecule has 0 bridgehead atoms. The van der Waals surface area contributed by atoms with Gasteiger partial charge in [0.2, 0.25) is 5.91 Å². The van der Waals surface area contributed by atoms with Crippen molar-refractivity contribution < 1.29 is 4.79 Å². The molecule has 5 rings (SSSR count). The first-order chi connectivity index (χ1) is 16.4. The first-order valence-electron chi connectivity index (χ1n) is 12.1. The van der Waals surface area contributed by atoms with Gasteiger partial charge in [0.15, 0.2) is 0 Å². The Morgan fingerprint density at radius 3 is 2.74 bits per heavy atom. The summed E-state index contributed by atoms with van der Waals surface area (Å²) in [6.07, 6.45) is 5.12. The second kappa shape index (κ2) is 9.76. The van der Waals surface area contributed by atoms with Crippen LogP contribution in [0.2, 0.25) is 10.0 Å². The number of piperazine rings is 1. The van der Waals surface area contributed by atoms with E-state index < -0.39 is 0 Å². The zero-order valence-corrected chi connectivity index (χ0v) is 21.2. The van der Waals surface area contributed by atoms with E-state index in [-0.39, 0.29) is 24.0 Å². The molecular weight excluding hydrogens is 469 g/mol. The van der Waals surface area contributed by atoms with Crippen molar-refractivity contribution in [3.05, 3.63) is 58.3 Å². The molecule has 180 valence electrons. The minimum Gasteiger partial charge on any atom is -0.365 e. The number of anilines is 1. The molecule has 3 atom stereocenters. The molecule has 2 fully saturated rings. The van der Waals surface area contributed by atoms with Gasteiger partial charge in [-0.05, 0) is 69.1 Å². The lowest BCUT2D eigenvalue weighted by molar-refractivity contribution is -0.134. The molecule has 0 radical (unpaired) electrons. The lowest BCUT2D eigenvalue weighted by atomic mass is 10.0. The predicted molar refractivity (Wildman–Crippen MR) is 139 cm³/mol. The number of hydrogen-bond donors (Lipinski definition) is 1. The number of hydrogen-bond acceptors (Lipinski definition) is 4. The number of carbonyl (C=O) groups is 1. The van der Waals surface area contributed by atoms with Crippen LogP contribution in [-0.2, 0) is 4.79 Å². The van der Waals surface area contributed by atoms with E-state index >= 15 is 0 Å². The molecular formula is C26H31Cl2N5O. The monoisotopic (exact) mass is 499 g/mol. The van der Waals surface area contributed by atoms with E-state index in [0.717, 1.165) is 67.7 Å². The SMILES string of the molecule is CC(c1ccc(Cl)cc1Cl)n1cnc2ccc(N3CCN(C(=O)[C@H]4CCCCN4)C[C@@H]3C)cc21. The summed E-state index contributed by atoms with van der Waals surface area (Å²) in [6, 6.07) is 12.3. The van der Waals surface area contributed by atoms with Crippen molar-refractivity contribution in [2.45, 2.75) is 51.2 Å². The van der Waals surface area contributed by atoms with Gasteiger partial charge in [0.05, 0.1) is 29.4 Å².